The van der Waals surface area contributed by atoms with E-state index in [4.69, 9.17) is 0 Å². The van der Waals surface area contributed by atoms with Gasteiger partial charge in [-0.1, -0.05) is 0 Å². The van der Waals surface area contributed by atoms with Crippen molar-refractivity contribution in [1.82, 2.24) is 10.3 Å². The molecule has 0 spiro atoms. The third kappa shape index (κ3) is 5.23. The Kier molecular flexibility index (Phi) is 4.44. The number of anilines is 1. The van der Waals surface area contributed by atoms with Gasteiger partial charge in [0.15, 0.2) is 5.13 Å². The van der Waals surface area contributed by atoms with Crippen LogP contribution < -0.4 is 10.6 Å². The van der Waals surface area contributed by atoms with Gasteiger partial charge in [0.1, 0.15) is 0 Å². The first-order valence-corrected chi connectivity index (χ1v) is 6.22. The molecule has 0 aliphatic carbocycles. The lowest BCUT2D eigenvalue weighted by Gasteiger charge is -2.19. The van der Waals surface area contributed by atoms with E-state index < -0.39 is 0 Å². The van der Waals surface area contributed by atoms with E-state index in [1.165, 1.54) is 11.3 Å². The Morgan fingerprint density at radius 1 is 1.50 bits per heavy atom. The largest absolute Gasteiger partial charge is 0.312 e. The van der Waals surface area contributed by atoms with Crippen molar-refractivity contribution in [1.29, 1.82) is 0 Å². The summed E-state index contributed by atoms with van der Waals surface area (Å²) in [5, 5.41) is 8.64. The zero-order valence-electron chi connectivity index (χ0n) is 10.3. The van der Waals surface area contributed by atoms with Gasteiger partial charge in [0.25, 0.3) is 0 Å². The molecule has 0 aromatic carbocycles. The maximum atomic E-state index is 11.5. The van der Waals surface area contributed by atoms with Crippen molar-refractivity contribution < 1.29 is 4.79 Å². The van der Waals surface area contributed by atoms with E-state index in [1.54, 1.807) is 0 Å². The standard InChI is InChI=1S/C11H19N3OS/c1-8-7-16-10(13-8)14-9(15)5-6-12-11(2,3)4/h7,12H,5-6H2,1-4H3,(H,13,14,15). The fourth-order valence-electron chi connectivity index (χ4n) is 1.14. The van der Waals surface area contributed by atoms with Crippen LogP contribution in [0.5, 0.6) is 0 Å². The maximum absolute atomic E-state index is 11.5. The molecule has 1 amide bonds. The summed E-state index contributed by atoms with van der Waals surface area (Å²) in [4.78, 5) is 15.7. The van der Waals surface area contributed by atoms with Crippen LogP contribution >= 0.6 is 11.3 Å². The number of thiazole rings is 1. The van der Waals surface area contributed by atoms with E-state index >= 15 is 0 Å². The van der Waals surface area contributed by atoms with Gasteiger partial charge in [0.05, 0.1) is 5.69 Å². The summed E-state index contributed by atoms with van der Waals surface area (Å²) in [5.74, 6) is 0.00565. The van der Waals surface area contributed by atoms with Crippen molar-refractivity contribution in [2.24, 2.45) is 0 Å². The topological polar surface area (TPSA) is 54.0 Å². The number of nitrogens with zero attached hydrogens (tertiary/aromatic N) is 1. The molecule has 0 atom stereocenters. The van der Waals surface area contributed by atoms with Crippen molar-refractivity contribution in [3.63, 3.8) is 0 Å². The number of aromatic nitrogens is 1. The Morgan fingerprint density at radius 2 is 2.19 bits per heavy atom. The van der Waals surface area contributed by atoms with Crippen LogP contribution in [-0.2, 0) is 4.79 Å². The second kappa shape index (κ2) is 5.41. The van der Waals surface area contributed by atoms with Gasteiger partial charge in [-0.3, -0.25) is 4.79 Å². The molecule has 90 valence electrons. The Bertz CT molecular complexity index is 354. The highest BCUT2D eigenvalue weighted by atomic mass is 32.1. The van der Waals surface area contributed by atoms with E-state index in [9.17, 15) is 4.79 Å². The van der Waals surface area contributed by atoms with Gasteiger partial charge in [-0.25, -0.2) is 4.98 Å². The quantitative estimate of drug-likeness (QED) is 0.849. The number of rotatable bonds is 4. The summed E-state index contributed by atoms with van der Waals surface area (Å²) in [6.45, 7) is 8.83. The summed E-state index contributed by atoms with van der Waals surface area (Å²) < 4.78 is 0. The smallest absolute Gasteiger partial charge is 0.227 e. The van der Waals surface area contributed by atoms with Crippen LogP contribution in [0.15, 0.2) is 5.38 Å². The lowest BCUT2D eigenvalue weighted by molar-refractivity contribution is -0.116. The first-order valence-electron chi connectivity index (χ1n) is 5.34. The Labute approximate surface area is 100 Å². The van der Waals surface area contributed by atoms with Gasteiger partial charge in [-0.15, -0.1) is 11.3 Å². The molecule has 1 heterocycles. The molecule has 2 N–H and O–H groups in total. The van der Waals surface area contributed by atoms with Crippen LogP contribution in [0.2, 0.25) is 0 Å². The molecule has 0 aliphatic heterocycles. The van der Waals surface area contributed by atoms with Gasteiger partial charge >= 0.3 is 0 Å². The molecule has 1 rings (SSSR count). The molecule has 4 nitrogen and oxygen atoms in total. The number of aryl methyl sites for hydroxylation is 1. The third-order valence-electron chi connectivity index (χ3n) is 1.87. The van der Waals surface area contributed by atoms with Crippen molar-refractivity contribution in [2.45, 2.75) is 39.7 Å². The second-order valence-corrected chi connectivity index (χ2v) is 5.63. The van der Waals surface area contributed by atoms with Gasteiger partial charge in [-0.2, -0.15) is 0 Å². The average molecular weight is 241 g/mol. The molecule has 1 aromatic rings. The Morgan fingerprint density at radius 3 is 2.69 bits per heavy atom. The lowest BCUT2D eigenvalue weighted by Crippen LogP contribution is -2.37. The summed E-state index contributed by atoms with van der Waals surface area (Å²) >= 11 is 1.45. The van der Waals surface area contributed by atoms with Gasteiger partial charge < -0.3 is 10.6 Å². The number of carbonyl (C=O) groups excluding carboxylic acids is 1. The highest BCUT2D eigenvalue weighted by Crippen LogP contribution is 2.14. The SMILES string of the molecule is Cc1csc(NC(=O)CCNC(C)(C)C)n1. The van der Waals surface area contributed by atoms with Crippen LogP contribution in [-0.4, -0.2) is 23.0 Å². The van der Waals surface area contributed by atoms with E-state index in [1.807, 2.05) is 12.3 Å². The molecule has 16 heavy (non-hydrogen) atoms. The molecule has 0 saturated carbocycles. The van der Waals surface area contributed by atoms with Crippen LogP contribution in [0.1, 0.15) is 32.9 Å². The Balaban J connectivity index is 2.26. The lowest BCUT2D eigenvalue weighted by atomic mass is 10.1. The first kappa shape index (κ1) is 13.1. The second-order valence-electron chi connectivity index (χ2n) is 4.77. The number of hydrogen-bond acceptors (Lipinski definition) is 4. The fraction of sp³-hybridized carbons (Fsp3) is 0.636. The minimum Gasteiger partial charge on any atom is -0.312 e. The first-order chi connectivity index (χ1) is 7.37. The molecule has 5 heteroatoms. The van der Waals surface area contributed by atoms with Crippen LogP contribution in [0.4, 0.5) is 5.13 Å². The molecule has 0 unspecified atom stereocenters. The van der Waals surface area contributed by atoms with Gasteiger partial charge in [0, 0.05) is 23.9 Å². The number of amides is 1. The van der Waals surface area contributed by atoms with Crippen LogP contribution in [0.3, 0.4) is 0 Å². The molecule has 1 aromatic heterocycles. The zero-order chi connectivity index (χ0) is 12.2. The molecule has 0 fully saturated rings. The normalized spacial score (nSPS) is 11.5. The molecule has 0 radical (unpaired) electrons. The van der Waals surface area contributed by atoms with E-state index in [2.05, 4.69) is 36.4 Å². The third-order valence-corrected chi connectivity index (χ3v) is 2.75. The number of hydrogen-bond donors (Lipinski definition) is 2. The van der Waals surface area contributed by atoms with E-state index in [-0.39, 0.29) is 11.4 Å². The molecule has 0 bridgehead atoms. The molecular weight excluding hydrogens is 222 g/mol. The maximum Gasteiger partial charge on any atom is 0.227 e. The summed E-state index contributed by atoms with van der Waals surface area (Å²) in [5.41, 5.74) is 0.992. The van der Waals surface area contributed by atoms with Gasteiger partial charge in [0.2, 0.25) is 5.91 Å². The van der Waals surface area contributed by atoms with Crippen molar-refractivity contribution in [3.8, 4) is 0 Å². The number of nitrogens with one attached hydrogen (secondary N) is 2. The van der Waals surface area contributed by atoms with Gasteiger partial charge in [-0.05, 0) is 27.7 Å². The predicted octanol–water partition coefficient (Wildman–Crippen LogP) is 2.17. The van der Waals surface area contributed by atoms with Crippen molar-refractivity contribution >= 4 is 22.4 Å². The minimum atomic E-state index is 0.00565. The molecule has 0 aliphatic rings. The monoisotopic (exact) mass is 241 g/mol. The highest BCUT2D eigenvalue weighted by Gasteiger charge is 2.10. The van der Waals surface area contributed by atoms with Crippen LogP contribution in [0, 0.1) is 6.92 Å². The van der Waals surface area contributed by atoms with E-state index in [0.29, 0.717) is 18.1 Å². The summed E-state index contributed by atoms with van der Waals surface area (Å²) in [6.07, 6.45) is 0.468. The predicted molar refractivity (Wildman–Crippen MR) is 67.9 cm³/mol. The fourth-order valence-corrected chi connectivity index (χ4v) is 1.85. The minimum absolute atomic E-state index is 0.00565. The van der Waals surface area contributed by atoms with Crippen molar-refractivity contribution in [3.05, 3.63) is 11.1 Å². The zero-order valence-corrected chi connectivity index (χ0v) is 11.1. The molecule has 0 saturated heterocycles. The average Bonchev–Trinajstić information content (AvgIpc) is 2.48. The Hall–Kier alpha value is -0.940. The van der Waals surface area contributed by atoms with Crippen LogP contribution in [0.25, 0.3) is 0 Å². The van der Waals surface area contributed by atoms with Crippen molar-refractivity contribution in [2.75, 3.05) is 11.9 Å². The summed E-state index contributed by atoms with van der Waals surface area (Å²) in [7, 11) is 0. The van der Waals surface area contributed by atoms with E-state index in [0.717, 1.165) is 5.69 Å². The highest BCUT2D eigenvalue weighted by molar-refractivity contribution is 7.13. The number of carbonyl (C=O) groups is 1. The molecular formula is C11H19N3OS. The summed E-state index contributed by atoms with van der Waals surface area (Å²) in [6, 6.07) is 0.